The van der Waals surface area contributed by atoms with E-state index >= 15 is 0 Å². The summed E-state index contributed by atoms with van der Waals surface area (Å²) in [6, 6.07) is 3.78. The van der Waals surface area contributed by atoms with Gasteiger partial charge in [-0.1, -0.05) is 6.92 Å². The molecular formula is C12H19N3O. The number of hydrogen-bond donors (Lipinski definition) is 2. The minimum atomic E-state index is 0.321. The van der Waals surface area contributed by atoms with Gasteiger partial charge in [-0.2, -0.15) is 0 Å². The molecule has 0 radical (unpaired) electrons. The summed E-state index contributed by atoms with van der Waals surface area (Å²) < 4.78 is 5.37. The molecule has 0 amide bonds. The van der Waals surface area contributed by atoms with Crippen molar-refractivity contribution in [1.29, 1.82) is 0 Å². The molecule has 2 rings (SSSR count). The van der Waals surface area contributed by atoms with E-state index < -0.39 is 0 Å². The van der Waals surface area contributed by atoms with Crippen molar-refractivity contribution in [2.75, 3.05) is 30.8 Å². The van der Waals surface area contributed by atoms with E-state index in [0.29, 0.717) is 11.1 Å². The van der Waals surface area contributed by atoms with Crippen molar-refractivity contribution in [3.8, 4) is 0 Å². The lowest BCUT2D eigenvalue weighted by molar-refractivity contribution is 0.0300. The molecule has 1 aromatic rings. The van der Waals surface area contributed by atoms with Gasteiger partial charge in [-0.3, -0.25) is 0 Å². The van der Waals surface area contributed by atoms with Gasteiger partial charge in [0.2, 0.25) is 0 Å². The lowest BCUT2D eigenvalue weighted by atomic mass is 9.82. The van der Waals surface area contributed by atoms with E-state index in [-0.39, 0.29) is 0 Å². The van der Waals surface area contributed by atoms with Crippen LogP contribution >= 0.6 is 0 Å². The summed E-state index contributed by atoms with van der Waals surface area (Å²) in [4.78, 5) is 4.23. The Morgan fingerprint density at radius 1 is 1.44 bits per heavy atom. The summed E-state index contributed by atoms with van der Waals surface area (Å²) in [5.41, 5.74) is 6.60. The highest BCUT2D eigenvalue weighted by Gasteiger charge is 2.26. The minimum Gasteiger partial charge on any atom is -0.397 e. The number of aromatic nitrogens is 1. The summed E-state index contributed by atoms with van der Waals surface area (Å²) in [6.45, 7) is 4.97. The van der Waals surface area contributed by atoms with Crippen LogP contribution < -0.4 is 11.1 Å². The third-order valence-electron chi connectivity index (χ3n) is 3.18. The quantitative estimate of drug-likeness (QED) is 0.818. The zero-order chi connectivity index (χ0) is 11.4. The van der Waals surface area contributed by atoms with Crippen molar-refractivity contribution < 1.29 is 4.74 Å². The van der Waals surface area contributed by atoms with Crippen LogP contribution in [-0.2, 0) is 4.74 Å². The second kappa shape index (κ2) is 4.70. The molecule has 1 fully saturated rings. The number of nitrogens with zero attached hydrogens (tertiary/aromatic N) is 1. The van der Waals surface area contributed by atoms with Crippen molar-refractivity contribution in [3.63, 3.8) is 0 Å². The molecule has 1 aliphatic rings. The largest absolute Gasteiger partial charge is 0.397 e. The molecule has 4 heteroatoms. The Morgan fingerprint density at radius 2 is 2.19 bits per heavy atom. The zero-order valence-corrected chi connectivity index (χ0v) is 9.70. The Hall–Kier alpha value is -1.29. The first kappa shape index (κ1) is 11.2. The Kier molecular flexibility index (Phi) is 3.29. The maximum atomic E-state index is 5.58. The minimum absolute atomic E-state index is 0.321. The first-order valence-corrected chi connectivity index (χ1v) is 5.71. The number of nitrogen functional groups attached to an aromatic ring is 1. The molecule has 0 spiro atoms. The number of rotatable bonds is 3. The normalized spacial score (nSPS) is 19.3. The monoisotopic (exact) mass is 221 g/mol. The fourth-order valence-corrected chi connectivity index (χ4v) is 1.85. The Bertz CT molecular complexity index is 331. The van der Waals surface area contributed by atoms with Crippen LogP contribution in [0.1, 0.15) is 19.8 Å². The van der Waals surface area contributed by atoms with Gasteiger partial charge in [0.05, 0.1) is 11.9 Å². The summed E-state index contributed by atoms with van der Waals surface area (Å²) in [5.74, 6) is 0.891. The molecule has 0 aromatic carbocycles. The standard InChI is InChI=1S/C12H19N3O/c1-12(4-6-16-7-5-12)9-15-11-3-2-10(13)8-14-11/h2-3,8H,4-7,9,13H2,1H3,(H,14,15). The number of pyridine rings is 1. The molecule has 3 N–H and O–H groups in total. The van der Waals surface area contributed by atoms with E-state index in [4.69, 9.17) is 10.5 Å². The van der Waals surface area contributed by atoms with E-state index in [2.05, 4.69) is 17.2 Å². The van der Waals surface area contributed by atoms with Gasteiger partial charge in [0.1, 0.15) is 5.82 Å². The van der Waals surface area contributed by atoms with E-state index in [1.54, 1.807) is 6.20 Å². The van der Waals surface area contributed by atoms with Gasteiger partial charge in [-0.25, -0.2) is 4.98 Å². The third-order valence-corrected chi connectivity index (χ3v) is 3.18. The number of anilines is 2. The third kappa shape index (κ3) is 2.85. The second-order valence-electron chi connectivity index (χ2n) is 4.75. The van der Waals surface area contributed by atoms with Crippen LogP contribution in [0.15, 0.2) is 18.3 Å². The van der Waals surface area contributed by atoms with Crippen LogP contribution in [0.25, 0.3) is 0 Å². The van der Waals surface area contributed by atoms with E-state index in [1.807, 2.05) is 12.1 Å². The summed E-state index contributed by atoms with van der Waals surface area (Å²) in [5, 5.41) is 3.36. The topological polar surface area (TPSA) is 60.2 Å². The smallest absolute Gasteiger partial charge is 0.126 e. The van der Waals surface area contributed by atoms with Gasteiger partial charge in [0.25, 0.3) is 0 Å². The zero-order valence-electron chi connectivity index (χ0n) is 9.70. The van der Waals surface area contributed by atoms with Crippen LogP contribution in [0.2, 0.25) is 0 Å². The van der Waals surface area contributed by atoms with Gasteiger partial charge >= 0.3 is 0 Å². The van der Waals surface area contributed by atoms with Gasteiger partial charge in [-0.15, -0.1) is 0 Å². The fraction of sp³-hybridized carbons (Fsp3) is 0.583. The molecule has 0 aliphatic carbocycles. The number of nitrogens with one attached hydrogen (secondary N) is 1. The van der Waals surface area contributed by atoms with E-state index in [0.717, 1.165) is 38.4 Å². The lowest BCUT2D eigenvalue weighted by Crippen LogP contribution is -2.33. The molecule has 2 heterocycles. The Balaban J connectivity index is 1.88. The average Bonchev–Trinajstić information content (AvgIpc) is 2.29. The van der Waals surface area contributed by atoms with E-state index in [1.165, 1.54) is 0 Å². The van der Waals surface area contributed by atoms with Gasteiger partial charge in [-0.05, 0) is 30.4 Å². The van der Waals surface area contributed by atoms with Gasteiger partial charge in [0.15, 0.2) is 0 Å². The molecule has 0 saturated carbocycles. The summed E-state index contributed by atoms with van der Waals surface area (Å²) >= 11 is 0. The molecule has 88 valence electrons. The summed E-state index contributed by atoms with van der Waals surface area (Å²) in [7, 11) is 0. The molecule has 4 nitrogen and oxygen atoms in total. The SMILES string of the molecule is CC1(CNc2ccc(N)cn2)CCOCC1. The van der Waals surface area contributed by atoms with Crippen molar-refractivity contribution in [2.24, 2.45) is 5.41 Å². The molecule has 0 bridgehead atoms. The first-order valence-electron chi connectivity index (χ1n) is 5.71. The Morgan fingerprint density at radius 3 is 2.81 bits per heavy atom. The Labute approximate surface area is 96.2 Å². The number of nitrogens with two attached hydrogens (primary N) is 1. The van der Waals surface area contributed by atoms with Crippen molar-refractivity contribution in [1.82, 2.24) is 4.98 Å². The van der Waals surface area contributed by atoms with Crippen LogP contribution in [0.3, 0.4) is 0 Å². The van der Waals surface area contributed by atoms with Crippen LogP contribution in [0, 0.1) is 5.41 Å². The molecule has 1 aromatic heterocycles. The molecule has 1 aliphatic heterocycles. The predicted octanol–water partition coefficient (Wildman–Crippen LogP) is 1.89. The highest BCUT2D eigenvalue weighted by molar-refractivity contribution is 5.43. The second-order valence-corrected chi connectivity index (χ2v) is 4.75. The van der Waals surface area contributed by atoms with Crippen molar-refractivity contribution >= 4 is 11.5 Å². The first-order chi connectivity index (χ1) is 7.68. The van der Waals surface area contributed by atoms with E-state index in [9.17, 15) is 0 Å². The van der Waals surface area contributed by atoms with Crippen molar-refractivity contribution in [3.05, 3.63) is 18.3 Å². The molecule has 0 atom stereocenters. The maximum absolute atomic E-state index is 5.58. The molecule has 0 unspecified atom stereocenters. The fourth-order valence-electron chi connectivity index (χ4n) is 1.85. The highest BCUT2D eigenvalue weighted by atomic mass is 16.5. The van der Waals surface area contributed by atoms with Crippen LogP contribution in [0.5, 0.6) is 0 Å². The predicted molar refractivity (Wildman–Crippen MR) is 65.3 cm³/mol. The highest BCUT2D eigenvalue weighted by Crippen LogP contribution is 2.29. The maximum Gasteiger partial charge on any atom is 0.126 e. The lowest BCUT2D eigenvalue weighted by Gasteiger charge is -2.33. The van der Waals surface area contributed by atoms with Crippen molar-refractivity contribution in [2.45, 2.75) is 19.8 Å². The molecule has 16 heavy (non-hydrogen) atoms. The van der Waals surface area contributed by atoms with Gasteiger partial charge < -0.3 is 15.8 Å². The number of hydrogen-bond acceptors (Lipinski definition) is 4. The molecular weight excluding hydrogens is 202 g/mol. The van der Waals surface area contributed by atoms with Crippen LogP contribution in [-0.4, -0.2) is 24.7 Å². The van der Waals surface area contributed by atoms with Crippen LogP contribution in [0.4, 0.5) is 11.5 Å². The molecule has 1 saturated heterocycles. The average molecular weight is 221 g/mol. The summed E-state index contributed by atoms with van der Waals surface area (Å²) in [6.07, 6.45) is 3.89. The van der Waals surface area contributed by atoms with Gasteiger partial charge in [0, 0.05) is 19.8 Å². The number of ether oxygens (including phenoxy) is 1.